The maximum absolute atomic E-state index is 12.5. The standard InChI is InChI=1S/C18H22N4O3/c1-13-18(22(24)25)14(2)21(19-13)12-17(23)20-10-8-16(9-11-20)15-6-4-3-5-7-15/h3-7,16H,8-12H2,1-2H3. The molecule has 1 aromatic carbocycles. The fourth-order valence-electron chi connectivity index (χ4n) is 3.52. The Balaban J connectivity index is 1.62. The van der Waals surface area contributed by atoms with Gasteiger partial charge in [0.05, 0.1) is 4.92 Å². The van der Waals surface area contributed by atoms with Crippen LogP contribution in [0.4, 0.5) is 5.69 Å². The minimum Gasteiger partial charge on any atom is -0.341 e. The van der Waals surface area contributed by atoms with Gasteiger partial charge in [0.15, 0.2) is 0 Å². The molecule has 1 saturated heterocycles. The van der Waals surface area contributed by atoms with Gasteiger partial charge in [0.25, 0.3) is 0 Å². The number of rotatable bonds is 4. The van der Waals surface area contributed by atoms with Gasteiger partial charge in [-0.2, -0.15) is 5.10 Å². The van der Waals surface area contributed by atoms with Crippen LogP contribution in [-0.4, -0.2) is 38.6 Å². The van der Waals surface area contributed by atoms with E-state index in [-0.39, 0.29) is 18.1 Å². The summed E-state index contributed by atoms with van der Waals surface area (Å²) in [5.74, 6) is 0.451. The number of aromatic nitrogens is 2. The second kappa shape index (κ2) is 7.04. The Morgan fingerprint density at radius 3 is 2.44 bits per heavy atom. The van der Waals surface area contributed by atoms with Crippen molar-refractivity contribution in [2.24, 2.45) is 0 Å². The molecular formula is C18H22N4O3. The lowest BCUT2D eigenvalue weighted by Crippen LogP contribution is -2.40. The third-order valence-corrected chi connectivity index (χ3v) is 4.93. The van der Waals surface area contributed by atoms with Gasteiger partial charge >= 0.3 is 5.69 Å². The summed E-state index contributed by atoms with van der Waals surface area (Å²) in [6, 6.07) is 10.4. The molecule has 0 N–H and O–H groups in total. The maximum Gasteiger partial charge on any atom is 0.312 e. The highest BCUT2D eigenvalue weighted by atomic mass is 16.6. The molecule has 0 atom stereocenters. The summed E-state index contributed by atoms with van der Waals surface area (Å²) in [7, 11) is 0. The molecule has 0 aliphatic carbocycles. The average molecular weight is 342 g/mol. The van der Waals surface area contributed by atoms with Crippen molar-refractivity contribution < 1.29 is 9.72 Å². The smallest absolute Gasteiger partial charge is 0.312 e. The number of benzene rings is 1. The van der Waals surface area contributed by atoms with Crippen LogP contribution in [0, 0.1) is 24.0 Å². The molecule has 2 heterocycles. The van der Waals surface area contributed by atoms with E-state index in [1.165, 1.54) is 10.2 Å². The first-order valence-electron chi connectivity index (χ1n) is 8.48. The predicted octanol–water partition coefficient (Wildman–Crippen LogP) is 2.81. The summed E-state index contributed by atoms with van der Waals surface area (Å²) in [6.45, 7) is 4.70. The van der Waals surface area contributed by atoms with Crippen molar-refractivity contribution >= 4 is 11.6 Å². The number of carbonyl (C=O) groups is 1. The van der Waals surface area contributed by atoms with E-state index in [1.54, 1.807) is 13.8 Å². The van der Waals surface area contributed by atoms with Crippen molar-refractivity contribution in [1.29, 1.82) is 0 Å². The molecule has 7 nitrogen and oxygen atoms in total. The van der Waals surface area contributed by atoms with Crippen LogP contribution >= 0.6 is 0 Å². The zero-order valence-corrected chi connectivity index (χ0v) is 14.5. The van der Waals surface area contributed by atoms with Gasteiger partial charge in [0, 0.05) is 13.1 Å². The lowest BCUT2D eigenvalue weighted by Gasteiger charge is -2.32. The highest BCUT2D eigenvalue weighted by Gasteiger charge is 2.27. The highest BCUT2D eigenvalue weighted by Crippen LogP contribution is 2.28. The van der Waals surface area contributed by atoms with Crippen molar-refractivity contribution in [1.82, 2.24) is 14.7 Å². The molecule has 1 aliphatic heterocycles. The summed E-state index contributed by atoms with van der Waals surface area (Å²) in [5, 5.41) is 15.2. The highest BCUT2D eigenvalue weighted by molar-refractivity contribution is 5.76. The second-order valence-electron chi connectivity index (χ2n) is 6.50. The molecule has 0 radical (unpaired) electrons. The number of nitro groups is 1. The van der Waals surface area contributed by atoms with E-state index in [2.05, 4.69) is 17.2 Å². The number of nitrogens with zero attached hydrogens (tertiary/aromatic N) is 4. The number of piperidine rings is 1. The predicted molar refractivity (Wildman–Crippen MR) is 93.4 cm³/mol. The van der Waals surface area contributed by atoms with Crippen molar-refractivity contribution in [2.45, 2.75) is 39.2 Å². The maximum atomic E-state index is 12.5. The zero-order valence-electron chi connectivity index (χ0n) is 14.5. The van der Waals surface area contributed by atoms with E-state index in [1.807, 2.05) is 23.1 Å². The molecule has 2 aromatic rings. The molecule has 1 aromatic heterocycles. The lowest BCUT2D eigenvalue weighted by molar-refractivity contribution is -0.386. The molecule has 0 unspecified atom stereocenters. The molecule has 0 saturated carbocycles. The van der Waals surface area contributed by atoms with Crippen LogP contribution in [0.1, 0.15) is 35.7 Å². The fraction of sp³-hybridized carbons (Fsp3) is 0.444. The number of carbonyl (C=O) groups excluding carboxylic acids is 1. The molecule has 1 fully saturated rings. The summed E-state index contributed by atoms with van der Waals surface area (Å²) in [4.78, 5) is 25.0. The van der Waals surface area contributed by atoms with Crippen molar-refractivity contribution in [2.75, 3.05) is 13.1 Å². The van der Waals surface area contributed by atoms with Gasteiger partial charge in [-0.3, -0.25) is 19.6 Å². The Bertz CT molecular complexity index is 777. The molecule has 1 aliphatic rings. The second-order valence-corrected chi connectivity index (χ2v) is 6.50. The van der Waals surface area contributed by atoms with Gasteiger partial charge in [-0.1, -0.05) is 30.3 Å². The van der Waals surface area contributed by atoms with E-state index >= 15 is 0 Å². The molecule has 3 rings (SSSR count). The van der Waals surface area contributed by atoms with E-state index in [0.29, 0.717) is 30.4 Å². The van der Waals surface area contributed by atoms with E-state index in [9.17, 15) is 14.9 Å². The monoisotopic (exact) mass is 342 g/mol. The Morgan fingerprint density at radius 2 is 1.88 bits per heavy atom. The summed E-state index contributed by atoms with van der Waals surface area (Å²) < 4.78 is 1.44. The summed E-state index contributed by atoms with van der Waals surface area (Å²) in [5.41, 5.74) is 2.09. The van der Waals surface area contributed by atoms with Gasteiger partial charge in [-0.15, -0.1) is 0 Å². The Hall–Kier alpha value is -2.70. The van der Waals surface area contributed by atoms with Crippen molar-refractivity contribution in [3.8, 4) is 0 Å². The van der Waals surface area contributed by atoms with Gasteiger partial charge in [0.2, 0.25) is 5.91 Å². The molecule has 0 bridgehead atoms. The van der Waals surface area contributed by atoms with Crippen LogP contribution in [0.2, 0.25) is 0 Å². The minimum absolute atomic E-state index is 0.00409. The largest absolute Gasteiger partial charge is 0.341 e. The van der Waals surface area contributed by atoms with Crippen LogP contribution in [0.25, 0.3) is 0 Å². The third kappa shape index (κ3) is 3.55. The number of likely N-dealkylation sites (tertiary alicyclic amines) is 1. The van der Waals surface area contributed by atoms with Crippen LogP contribution in [0.3, 0.4) is 0 Å². The molecule has 0 spiro atoms. The van der Waals surface area contributed by atoms with Crippen LogP contribution in [-0.2, 0) is 11.3 Å². The molecule has 132 valence electrons. The van der Waals surface area contributed by atoms with E-state index < -0.39 is 4.92 Å². The van der Waals surface area contributed by atoms with Crippen molar-refractivity contribution in [3.63, 3.8) is 0 Å². The van der Waals surface area contributed by atoms with Crippen LogP contribution in [0.5, 0.6) is 0 Å². The number of hydrogen-bond acceptors (Lipinski definition) is 4. The minimum atomic E-state index is -0.440. The van der Waals surface area contributed by atoms with Gasteiger partial charge in [0.1, 0.15) is 17.9 Å². The molecular weight excluding hydrogens is 320 g/mol. The van der Waals surface area contributed by atoms with Gasteiger partial charge in [-0.25, -0.2) is 0 Å². The zero-order chi connectivity index (χ0) is 18.0. The van der Waals surface area contributed by atoms with Crippen LogP contribution in [0.15, 0.2) is 30.3 Å². The first-order chi connectivity index (χ1) is 12.0. The van der Waals surface area contributed by atoms with E-state index in [4.69, 9.17) is 0 Å². The Morgan fingerprint density at radius 1 is 1.24 bits per heavy atom. The Labute approximate surface area is 146 Å². The summed E-state index contributed by atoms with van der Waals surface area (Å²) in [6.07, 6.45) is 1.88. The number of aryl methyl sites for hydroxylation is 1. The summed E-state index contributed by atoms with van der Waals surface area (Å²) >= 11 is 0. The van der Waals surface area contributed by atoms with Crippen LogP contribution < -0.4 is 0 Å². The lowest BCUT2D eigenvalue weighted by atomic mass is 9.89. The van der Waals surface area contributed by atoms with Crippen molar-refractivity contribution in [3.05, 3.63) is 57.4 Å². The Kier molecular flexibility index (Phi) is 4.83. The molecule has 25 heavy (non-hydrogen) atoms. The first kappa shape index (κ1) is 17.1. The topological polar surface area (TPSA) is 81.3 Å². The number of hydrogen-bond donors (Lipinski definition) is 0. The van der Waals surface area contributed by atoms with E-state index in [0.717, 1.165) is 12.8 Å². The number of amides is 1. The quantitative estimate of drug-likeness (QED) is 0.632. The normalized spacial score (nSPS) is 15.4. The first-order valence-corrected chi connectivity index (χ1v) is 8.48. The van der Waals surface area contributed by atoms with Gasteiger partial charge < -0.3 is 4.90 Å². The average Bonchev–Trinajstić information content (AvgIpc) is 2.89. The fourth-order valence-corrected chi connectivity index (χ4v) is 3.52. The molecule has 1 amide bonds. The van der Waals surface area contributed by atoms with Gasteiger partial charge in [-0.05, 0) is 38.2 Å². The third-order valence-electron chi connectivity index (χ3n) is 4.93. The molecule has 7 heteroatoms. The SMILES string of the molecule is Cc1nn(CC(=O)N2CCC(c3ccccc3)CC2)c(C)c1[N+](=O)[O-].